The van der Waals surface area contributed by atoms with Crippen LogP contribution < -0.4 is 5.73 Å². The Labute approximate surface area is 86.9 Å². The number of nitrogens with two attached hydrogens (primary N) is 1. The van der Waals surface area contributed by atoms with Crippen LogP contribution in [0.1, 0.15) is 18.9 Å². The summed E-state index contributed by atoms with van der Waals surface area (Å²) < 4.78 is 1.01. The normalized spacial score (nSPS) is 12.8. The Morgan fingerprint density at radius 2 is 2.23 bits per heavy atom. The molecular weight excluding hydrogens is 230 g/mol. The Morgan fingerprint density at radius 1 is 1.54 bits per heavy atom. The Morgan fingerprint density at radius 3 is 2.85 bits per heavy atom. The molecule has 0 amide bonds. The van der Waals surface area contributed by atoms with Crippen LogP contribution in [0.3, 0.4) is 0 Å². The minimum Gasteiger partial charge on any atom is -0.508 e. The molecule has 0 aliphatic carbocycles. The van der Waals surface area contributed by atoms with Crippen LogP contribution in [0.2, 0.25) is 0 Å². The summed E-state index contributed by atoms with van der Waals surface area (Å²) in [5.41, 5.74) is 6.89. The van der Waals surface area contributed by atoms with Gasteiger partial charge in [-0.05, 0) is 36.6 Å². The minimum atomic E-state index is 0.165. The van der Waals surface area contributed by atoms with Crippen LogP contribution in [0, 0.1) is 0 Å². The number of halogens is 1. The van der Waals surface area contributed by atoms with Crippen LogP contribution in [-0.2, 0) is 6.42 Å². The first kappa shape index (κ1) is 10.5. The van der Waals surface area contributed by atoms with Crippen LogP contribution in [0.5, 0.6) is 5.75 Å². The van der Waals surface area contributed by atoms with Crippen molar-refractivity contribution in [2.45, 2.75) is 25.8 Å². The lowest BCUT2D eigenvalue weighted by Gasteiger charge is -2.10. The van der Waals surface area contributed by atoms with Crippen molar-refractivity contribution < 1.29 is 5.11 Å². The standard InChI is InChI=1S/C10H14BrNO/c1-2-8(12)5-7-6-9(13)3-4-10(7)11/h3-4,6,8,13H,2,5,12H2,1H3. The second kappa shape index (κ2) is 4.63. The molecule has 0 aromatic heterocycles. The van der Waals surface area contributed by atoms with E-state index in [-0.39, 0.29) is 6.04 Å². The van der Waals surface area contributed by atoms with Crippen molar-refractivity contribution in [2.24, 2.45) is 5.73 Å². The van der Waals surface area contributed by atoms with E-state index >= 15 is 0 Å². The summed E-state index contributed by atoms with van der Waals surface area (Å²) >= 11 is 3.42. The highest BCUT2D eigenvalue weighted by Gasteiger charge is 2.05. The smallest absolute Gasteiger partial charge is 0.115 e. The lowest BCUT2D eigenvalue weighted by molar-refractivity contribution is 0.474. The van der Waals surface area contributed by atoms with E-state index in [4.69, 9.17) is 5.73 Å². The summed E-state index contributed by atoms with van der Waals surface area (Å²) in [6.07, 6.45) is 1.74. The zero-order valence-corrected chi connectivity index (χ0v) is 9.21. The van der Waals surface area contributed by atoms with Crippen LogP contribution in [-0.4, -0.2) is 11.1 Å². The predicted molar refractivity (Wildman–Crippen MR) is 57.8 cm³/mol. The Balaban J connectivity index is 2.81. The summed E-state index contributed by atoms with van der Waals surface area (Å²) in [7, 11) is 0. The quantitative estimate of drug-likeness (QED) is 0.857. The van der Waals surface area contributed by atoms with E-state index < -0.39 is 0 Å². The second-order valence-electron chi connectivity index (χ2n) is 3.15. The topological polar surface area (TPSA) is 46.2 Å². The third-order valence-corrected chi connectivity index (χ3v) is 2.81. The third-order valence-electron chi connectivity index (χ3n) is 2.04. The molecule has 0 fully saturated rings. The third kappa shape index (κ3) is 3.01. The maximum Gasteiger partial charge on any atom is 0.115 e. The lowest BCUT2D eigenvalue weighted by Crippen LogP contribution is -2.21. The van der Waals surface area contributed by atoms with Gasteiger partial charge in [0.2, 0.25) is 0 Å². The molecule has 3 N–H and O–H groups in total. The molecule has 13 heavy (non-hydrogen) atoms. The highest BCUT2D eigenvalue weighted by atomic mass is 79.9. The summed E-state index contributed by atoms with van der Waals surface area (Å²) in [5, 5.41) is 9.26. The van der Waals surface area contributed by atoms with Crippen molar-refractivity contribution >= 4 is 15.9 Å². The minimum absolute atomic E-state index is 0.165. The number of benzene rings is 1. The Bertz CT molecular complexity index is 288. The van der Waals surface area contributed by atoms with Crippen LogP contribution >= 0.6 is 15.9 Å². The highest BCUT2D eigenvalue weighted by molar-refractivity contribution is 9.10. The van der Waals surface area contributed by atoms with E-state index in [9.17, 15) is 5.11 Å². The molecule has 0 aliphatic heterocycles. The number of phenols is 1. The van der Waals surface area contributed by atoms with Crippen molar-refractivity contribution in [2.75, 3.05) is 0 Å². The fourth-order valence-corrected chi connectivity index (χ4v) is 1.55. The molecule has 0 spiro atoms. The largest absolute Gasteiger partial charge is 0.508 e. The van der Waals surface area contributed by atoms with Gasteiger partial charge in [-0.15, -0.1) is 0 Å². The Kier molecular flexibility index (Phi) is 3.75. The summed E-state index contributed by atoms with van der Waals surface area (Å²) in [6.45, 7) is 2.06. The van der Waals surface area contributed by atoms with Crippen molar-refractivity contribution in [3.8, 4) is 5.75 Å². The molecule has 0 saturated carbocycles. The van der Waals surface area contributed by atoms with E-state index in [1.165, 1.54) is 0 Å². The second-order valence-corrected chi connectivity index (χ2v) is 4.00. The maximum absolute atomic E-state index is 9.26. The molecule has 0 bridgehead atoms. The molecule has 1 rings (SSSR count). The van der Waals surface area contributed by atoms with Gasteiger partial charge in [-0.25, -0.2) is 0 Å². The molecule has 2 nitrogen and oxygen atoms in total. The summed E-state index contributed by atoms with van der Waals surface area (Å²) in [5.74, 6) is 0.293. The lowest BCUT2D eigenvalue weighted by atomic mass is 10.0. The first-order valence-electron chi connectivity index (χ1n) is 4.36. The van der Waals surface area contributed by atoms with Gasteiger partial charge in [0.25, 0.3) is 0 Å². The molecule has 0 saturated heterocycles. The first-order chi connectivity index (χ1) is 6.13. The fraction of sp³-hybridized carbons (Fsp3) is 0.400. The monoisotopic (exact) mass is 243 g/mol. The summed E-state index contributed by atoms with van der Waals surface area (Å²) in [6, 6.07) is 5.41. The van der Waals surface area contributed by atoms with E-state index in [1.54, 1.807) is 12.1 Å². The zero-order valence-electron chi connectivity index (χ0n) is 7.63. The fourth-order valence-electron chi connectivity index (χ4n) is 1.14. The molecule has 1 unspecified atom stereocenters. The first-order valence-corrected chi connectivity index (χ1v) is 5.15. The van der Waals surface area contributed by atoms with E-state index in [1.807, 2.05) is 6.07 Å². The van der Waals surface area contributed by atoms with Crippen LogP contribution in [0.25, 0.3) is 0 Å². The molecule has 72 valence electrons. The Hall–Kier alpha value is -0.540. The van der Waals surface area contributed by atoms with E-state index in [2.05, 4.69) is 22.9 Å². The van der Waals surface area contributed by atoms with Crippen LogP contribution in [0.15, 0.2) is 22.7 Å². The number of phenolic OH excluding ortho intramolecular Hbond substituents is 1. The SMILES string of the molecule is CCC(N)Cc1cc(O)ccc1Br. The van der Waals surface area contributed by atoms with Gasteiger partial charge in [-0.2, -0.15) is 0 Å². The van der Waals surface area contributed by atoms with Crippen molar-refractivity contribution in [3.05, 3.63) is 28.2 Å². The van der Waals surface area contributed by atoms with E-state index in [0.29, 0.717) is 5.75 Å². The van der Waals surface area contributed by atoms with Gasteiger partial charge in [-0.1, -0.05) is 22.9 Å². The van der Waals surface area contributed by atoms with Crippen molar-refractivity contribution in [1.29, 1.82) is 0 Å². The van der Waals surface area contributed by atoms with Gasteiger partial charge in [0.15, 0.2) is 0 Å². The number of aromatic hydroxyl groups is 1. The van der Waals surface area contributed by atoms with E-state index in [0.717, 1.165) is 22.9 Å². The van der Waals surface area contributed by atoms with Crippen LogP contribution in [0.4, 0.5) is 0 Å². The molecule has 0 heterocycles. The zero-order chi connectivity index (χ0) is 9.84. The van der Waals surface area contributed by atoms with Gasteiger partial charge in [0, 0.05) is 10.5 Å². The molecule has 1 aromatic rings. The molecule has 1 atom stereocenters. The molecule has 3 heteroatoms. The van der Waals surface area contributed by atoms with Gasteiger partial charge in [0.1, 0.15) is 5.75 Å². The number of hydrogen-bond acceptors (Lipinski definition) is 2. The predicted octanol–water partition coefficient (Wildman–Crippen LogP) is 2.43. The molecule has 1 aromatic carbocycles. The molecule has 0 aliphatic rings. The summed E-state index contributed by atoms with van der Waals surface area (Å²) in [4.78, 5) is 0. The molecular formula is C10H14BrNO. The average molecular weight is 244 g/mol. The molecule has 0 radical (unpaired) electrons. The van der Waals surface area contributed by atoms with Crippen molar-refractivity contribution in [1.82, 2.24) is 0 Å². The van der Waals surface area contributed by atoms with Gasteiger partial charge >= 0.3 is 0 Å². The van der Waals surface area contributed by atoms with Gasteiger partial charge in [-0.3, -0.25) is 0 Å². The number of rotatable bonds is 3. The number of hydrogen-bond donors (Lipinski definition) is 2. The highest BCUT2D eigenvalue weighted by Crippen LogP contribution is 2.22. The maximum atomic E-state index is 9.26. The van der Waals surface area contributed by atoms with Crippen molar-refractivity contribution in [3.63, 3.8) is 0 Å². The van der Waals surface area contributed by atoms with Gasteiger partial charge < -0.3 is 10.8 Å². The van der Waals surface area contributed by atoms with Gasteiger partial charge in [0.05, 0.1) is 0 Å². The average Bonchev–Trinajstić information content (AvgIpc) is 2.11.